The fraction of sp³-hybridized carbons (Fsp3) is 0.200. The van der Waals surface area contributed by atoms with E-state index in [1.807, 2.05) is 12.2 Å². The molecule has 0 aromatic rings. The van der Waals surface area contributed by atoms with Crippen LogP contribution in [0.1, 0.15) is 0 Å². The second-order valence-electron chi connectivity index (χ2n) is 1.99. The Morgan fingerprint density at radius 1 is 1.50 bits per heavy atom. The van der Waals surface area contributed by atoms with Crippen LogP contribution in [-0.4, -0.2) is 6.17 Å². The van der Waals surface area contributed by atoms with E-state index in [1.165, 1.54) is 0 Å². The average molecular weight is 137 g/mol. The van der Waals surface area contributed by atoms with Crippen LogP contribution >= 0.6 is 0 Å². The van der Waals surface area contributed by atoms with E-state index < -0.39 is 0 Å². The van der Waals surface area contributed by atoms with Gasteiger partial charge < -0.3 is 5.43 Å². The highest BCUT2D eigenvalue weighted by Crippen LogP contribution is 2.06. The molecule has 1 fully saturated rings. The van der Waals surface area contributed by atoms with Crippen LogP contribution in [0.25, 0.3) is 0 Å². The van der Waals surface area contributed by atoms with Crippen LogP contribution in [0, 0.1) is 0 Å². The van der Waals surface area contributed by atoms with Gasteiger partial charge in [-0.1, -0.05) is 0 Å². The molecule has 2 rings (SSSR count). The third kappa shape index (κ3) is 0.810. The molecule has 10 heavy (non-hydrogen) atoms. The molecule has 1 saturated heterocycles. The SMILES string of the molecule is C1=CN=NC2NNNC2=C1. The Balaban J connectivity index is 2.29. The molecule has 1 atom stereocenters. The Bertz CT molecular complexity index is 216. The second-order valence-corrected chi connectivity index (χ2v) is 1.99. The summed E-state index contributed by atoms with van der Waals surface area (Å²) in [5.41, 5.74) is 9.48. The van der Waals surface area contributed by atoms with Crippen molar-refractivity contribution >= 4 is 0 Å². The number of fused-ring (bicyclic) bond motifs is 1. The Morgan fingerprint density at radius 2 is 2.50 bits per heavy atom. The van der Waals surface area contributed by atoms with E-state index in [4.69, 9.17) is 0 Å². The minimum Gasteiger partial charge on any atom is -0.309 e. The summed E-state index contributed by atoms with van der Waals surface area (Å²) in [5, 5.41) is 7.68. The van der Waals surface area contributed by atoms with Crippen LogP contribution in [0.5, 0.6) is 0 Å². The lowest BCUT2D eigenvalue weighted by molar-refractivity contribution is 0.543. The highest BCUT2D eigenvalue weighted by molar-refractivity contribution is 5.18. The molecule has 2 heterocycles. The molecule has 3 N–H and O–H groups in total. The zero-order valence-corrected chi connectivity index (χ0v) is 5.20. The van der Waals surface area contributed by atoms with E-state index in [9.17, 15) is 0 Å². The van der Waals surface area contributed by atoms with Gasteiger partial charge >= 0.3 is 0 Å². The van der Waals surface area contributed by atoms with E-state index in [1.54, 1.807) is 6.20 Å². The molecule has 5 nitrogen and oxygen atoms in total. The molecular weight excluding hydrogens is 130 g/mol. The third-order valence-electron chi connectivity index (χ3n) is 1.32. The maximum absolute atomic E-state index is 3.92. The van der Waals surface area contributed by atoms with Crippen LogP contribution in [-0.2, 0) is 0 Å². The first-order valence-corrected chi connectivity index (χ1v) is 3.00. The summed E-state index contributed by atoms with van der Waals surface area (Å²) in [6.07, 6.45) is 5.34. The van der Waals surface area contributed by atoms with E-state index in [0.717, 1.165) is 5.70 Å². The lowest BCUT2D eigenvalue weighted by Crippen LogP contribution is -2.32. The second kappa shape index (κ2) is 2.20. The Labute approximate surface area is 57.8 Å². The Morgan fingerprint density at radius 3 is 3.50 bits per heavy atom. The maximum Gasteiger partial charge on any atom is 0.176 e. The summed E-state index contributed by atoms with van der Waals surface area (Å²) in [6.45, 7) is 0. The van der Waals surface area contributed by atoms with Crippen molar-refractivity contribution in [3.05, 3.63) is 24.0 Å². The fourth-order valence-electron chi connectivity index (χ4n) is 0.837. The molecule has 2 aliphatic heterocycles. The lowest BCUT2D eigenvalue weighted by Gasteiger charge is -1.97. The van der Waals surface area contributed by atoms with Gasteiger partial charge in [0.25, 0.3) is 0 Å². The highest BCUT2D eigenvalue weighted by Gasteiger charge is 2.18. The van der Waals surface area contributed by atoms with Gasteiger partial charge in [0.05, 0.1) is 5.70 Å². The van der Waals surface area contributed by atoms with E-state index in [2.05, 4.69) is 26.6 Å². The maximum atomic E-state index is 3.92. The molecule has 2 aliphatic rings. The Hall–Kier alpha value is -1.20. The summed E-state index contributed by atoms with van der Waals surface area (Å²) < 4.78 is 0. The Kier molecular flexibility index (Phi) is 1.23. The van der Waals surface area contributed by atoms with Gasteiger partial charge in [0, 0.05) is 6.20 Å². The molecule has 0 aliphatic carbocycles. The zero-order valence-electron chi connectivity index (χ0n) is 5.20. The van der Waals surface area contributed by atoms with Crippen molar-refractivity contribution < 1.29 is 0 Å². The van der Waals surface area contributed by atoms with Gasteiger partial charge in [-0.2, -0.15) is 15.8 Å². The molecule has 0 amide bonds. The zero-order chi connectivity index (χ0) is 6.81. The number of nitrogens with zero attached hydrogens (tertiary/aromatic N) is 2. The first kappa shape index (κ1) is 5.57. The highest BCUT2D eigenvalue weighted by atomic mass is 15.7. The molecular formula is C5H7N5. The third-order valence-corrected chi connectivity index (χ3v) is 1.32. The number of allylic oxidation sites excluding steroid dienone is 2. The molecule has 1 unspecified atom stereocenters. The molecule has 0 radical (unpaired) electrons. The van der Waals surface area contributed by atoms with Crippen molar-refractivity contribution in [1.82, 2.24) is 16.4 Å². The first-order chi connectivity index (χ1) is 4.97. The van der Waals surface area contributed by atoms with Gasteiger partial charge in [0.2, 0.25) is 0 Å². The monoisotopic (exact) mass is 137 g/mol. The molecule has 0 aromatic heterocycles. The van der Waals surface area contributed by atoms with Crippen molar-refractivity contribution in [1.29, 1.82) is 0 Å². The minimum atomic E-state index is -0.0602. The smallest absolute Gasteiger partial charge is 0.176 e. The normalized spacial score (nSPS) is 28.8. The quantitative estimate of drug-likeness (QED) is 0.433. The van der Waals surface area contributed by atoms with Crippen molar-refractivity contribution in [2.24, 2.45) is 10.2 Å². The van der Waals surface area contributed by atoms with Crippen LogP contribution in [0.3, 0.4) is 0 Å². The number of hydrogen-bond acceptors (Lipinski definition) is 5. The van der Waals surface area contributed by atoms with Crippen molar-refractivity contribution in [2.75, 3.05) is 0 Å². The summed E-state index contributed by atoms with van der Waals surface area (Å²) in [6, 6.07) is 0. The van der Waals surface area contributed by atoms with Gasteiger partial charge in [0.15, 0.2) is 6.17 Å². The molecule has 52 valence electrons. The molecule has 0 saturated carbocycles. The standard InChI is InChI=1S/C5H7N5/c1-2-4-5(8-6-3-1)9-10-7-4/h1-3,5,7,9-10H. The number of nitrogens with one attached hydrogen (secondary N) is 3. The lowest BCUT2D eigenvalue weighted by atomic mass is 10.3. The van der Waals surface area contributed by atoms with Crippen molar-refractivity contribution in [3.8, 4) is 0 Å². The van der Waals surface area contributed by atoms with Gasteiger partial charge in [-0.15, -0.1) is 0 Å². The largest absolute Gasteiger partial charge is 0.309 e. The predicted octanol–water partition coefficient (Wildman–Crippen LogP) is -0.212. The van der Waals surface area contributed by atoms with Gasteiger partial charge in [-0.25, -0.2) is 5.43 Å². The van der Waals surface area contributed by atoms with Crippen LogP contribution < -0.4 is 16.4 Å². The molecule has 0 spiro atoms. The van der Waals surface area contributed by atoms with Crippen molar-refractivity contribution in [2.45, 2.75) is 6.17 Å². The van der Waals surface area contributed by atoms with Crippen LogP contribution in [0.2, 0.25) is 0 Å². The molecule has 0 aromatic carbocycles. The van der Waals surface area contributed by atoms with Crippen LogP contribution in [0.4, 0.5) is 0 Å². The van der Waals surface area contributed by atoms with Gasteiger partial charge in [0.1, 0.15) is 0 Å². The fourth-order valence-corrected chi connectivity index (χ4v) is 0.837. The van der Waals surface area contributed by atoms with E-state index in [-0.39, 0.29) is 6.17 Å². The predicted molar refractivity (Wildman–Crippen MR) is 35.3 cm³/mol. The number of hydrogen-bond donors (Lipinski definition) is 3. The first-order valence-electron chi connectivity index (χ1n) is 3.00. The summed E-state index contributed by atoms with van der Waals surface area (Å²) >= 11 is 0. The van der Waals surface area contributed by atoms with Gasteiger partial charge in [-0.3, -0.25) is 0 Å². The average Bonchev–Trinajstić information content (AvgIpc) is 2.28. The van der Waals surface area contributed by atoms with Crippen molar-refractivity contribution in [3.63, 3.8) is 0 Å². The molecule has 0 bridgehead atoms. The number of hydrazine groups is 2. The van der Waals surface area contributed by atoms with Gasteiger partial charge in [-0.05, 0) is 12.2 Å². The minimum absolute atomic E-state index is 0.0602. The van der Waals surface area contributed by atoms with E-state index >= 15 is 0 Å². The van der Waals surface area contributed by atoms with E-state index in [0.29, 0.717) is 0 Å². The topological polar surface area (TPSA) is 60.8 Å². The van der Waals surface area contributed by atoms with Crippen LogP contribution in [0.15, 0.2) is 34.3 Å². The molecule has 5 heteroatoms. The number of rotatable bonds is 0. The summed E-state index contributed by atoms with van der Waals surface area (Å²) in [5.74, 6) is 0. The summed E-state index contributed by atoms with van der Waals surface area (Å²) in [4.78, 5) is 0. The summed E-state index contributed by atoms with van der Waals surface area (Å²) in [7, 11) is 0. The number of azo groups is 1.